The Kier molecular flexibility index (Phi) is 8.38. The molecule has 1 atom stereocenters. The van der Waals surface area contributed by atoms with E-state index in [9.17, 15) is 19.2 Å². The predicted octanol–water partition coefficient (Wildman–Crippen LogP) is 3.25. The van der Waals surface area contributed by atoms with Gasteiger partial charge in [0.2, 0.25) is 0 Å². The third-order valence-electron chi connectivity index (χ3n) is 4.25. The molecule has 1 amide bonds. The number of anilines is 1. The summed E-state index contributed by atoms with van der Waals surface area (Å²) in [5.41, 5.74) is 0.461. The van der Waals surface area contributed by atoms with Gasteiger partial charge in [-0.2, -0.15) is 0 Å². The Labute approximate surface area is 173 Å². The lowest BCUT2D eigenvalue weighted by atomic mass is 10.1. The summed E-state index contributed by atoms with van der Waals surface area (Å²) in [6.07, 6.45) is 6.05. The molecule has 1 aromatic rings. The quantitative estimate of drug-likeness (QED) is 0.369. The van der Waals surface area contributed by atoms with Crippen molar-refractivity contribution >= 4 is 40.2 Å². The molecule has 1 aliphatic carbocycles. The molecule has 0 spiro atoms. The summed E-state index contributed by atoms with van der Waals surface area (Å²) >= 11 is 0.920. The summed E-state index contributed by atoms with van der Waals surface area (Å²) in [5, 5.41) is 2.69. The first-order valence-corrected chi connectivity index (χ1v) is 10.3. The van der Waals surface area contributed by atoms with Gasteiger partial charge in [0.1, 0.15) is 9.88 Å². The van der Waals surface area contributed by atoms with E-state index < -0.39 is 30.4 Å². The molecule has 2 rings (SSSR count). The zero-order valence-electron chi connectivity index (χ0n) is 16.7. The van der Waals surface area contributed by atoms with E-state index in [0.717, 1.165) is 24.2 Å². The van der Waals surface area contributed by atoms with Crippen LogP contribution in [0.1, 0.15) is 58.7 Å². The minimum atomic E-state index is -0.655. The maximum Gasteiger partial charge on any atom is 0.348 e. The van der Waals surface area contributed by atoms with Crippen LogP contribution in [0.4, 0.5) is 5.00 Å². The lowest BCUT2D eigenvalue weighted by Crippen LogP contribution is -2.22. The Morgan fingerprint density at radius 3 is 2.41 bits per heavy atom. The molecule has 0 saturated carbocycles. The summed E-state index contributed by atoms with van der Waals surface area (Å²) in [6, 6.07) is 0. The first kappa shape index (κ1) is 22.6. The number of ether oxygens (including phenoxy) is 3. The van der Waals surface area contributed by atoms with Crippen molar-refractivity contribution in [2.45, 2.75) is 40.0 Å². The molecule has 0 saturated heterocycles. The zero-order chi connectivity index (χ0) is 21.4. The highest BCUT2D eigenvalue weighted by atomic mass is 32.1. The zero-order valence-corrected chi connectivity index (χ0v) is 17.6. The normalized spacial score (nSPS) is 15.1. The number of nitrogens with one attached hydrogen (secondary N) is 1. The molecule has 0 unspecified atom stereocenters. The van der Waals surface area contributed by atoms with Gasteiger partial charge in [-0.25, -0.2) is 9.59 Å². The second-order valence-corrected chi connectivity index (χ2v) is 7.40. The van der Waals surface area contributed by atoms with E-state index in [1.807, 2.05) is 12.2 Å². The van der Waals surface area contributed by atoms with Gasteiger partial charge in [-0.3, -0.25) is 9.59 Å². The second-order valence-electron chi connectivity index (χ2n) is 6.38. The fraction of sp³-hybridized carbons (Fsp3) is 0.500. The molecule has 1 aliphatic rings. The summed E-state index contributed by atoms with van der Waals surface area (Å²) in [6.45, 7) is 4.75. The van der Waals surface area contributed by atoms with E-state index in [2.05, 4.69) is 5.32 Å². The van der Waals surface area contributed by atoms with Gasteiger partial charge in [0.25, 0.3) is 5.91 Å². The molecule has 1 heterocycles. The molecule has 1 N–H and O–H groups in total. The minimum absolute atomic E-state index is 0.0932. The molecule has 158 valence electrons. The number of amides is 1. The standard InChI is InChI=1S/C20H25NO7S/c1-4-26-19(24)16-12(3)17(20(25)27-5-2)29-18(16)21-14(22)11-28-15(23)10-13-8-6-7-9-13/h6,8,13H,4-5,7,9-11H2,1-3H3,(H,21,22)/t13-/m0/s1. The average Bonchev–Trinajstić information content (AvgIpc) is 3.28. The Hall–Kier alpha value is -2.68. The van der Waals surface area contributed by atoms with Crippen LogP contribution in [0.3, 0.4) is 0 Å². The molecule has 29 heavy (non-hydrogen) atoms. The van der Waals surface area contributed by atoms with Crippen LogP contribution in [0.5, 0.6) is 0 Å². The van der Waals surface area contributed by atoms with Gasteiger partial charge in [0, 0.05) is 0 Å². The van der Waals surface area contributed by atoms with Gasteiger partial charge in [0.05, 0.1) is 25.2 Å². The van der Waals surface area contributed by atoms with Gasteiger partial charge >= 0.3 is 17.9 Å². The lowest BCUT2D eigenvalue weighted by molar-refractivity contribution is -0.147. The Morgan fingerprint density at radius 2 is 1.79 bits per heavy atom. The molecule has 9 heteroatoms. The SMILES string of the molecule is CCOC(=O)c1sc(NC(=O)COC(=O)C[C@H]2C=CCC2)c(C(=O)OCC)c1C. The number of allylic oxidation sites excluding steroid dienone is 2. The van der Waals surface area contributed by atoms with Crippen molar-refractivity contribution in [1.82, 2.24) is 0 Å². The maximum absolute atomic E-state index is 12.3. The highest BCUT2D eigenvalue weighted by molar-refractivity contribution is 7.18. The topological polar surface area (TPSA) is 108 Å². The van der Waals surface area contributed by atoms with Crippen LogP contribution in [-0.4, -0.2) is 43.6 Å². The third-order valence-corrected chi connectivity index (χ3v) is 5.43. The monoisotopic (exact) mass is 423 g/mol. The van der Waals surface area contributed by atoms with Gasteiger partial charge in [-0.1, -0.05) is 12.2 Å². The molecular formula is C20H25NO7S. The number of carbonyl (C=O) groups excluding carboxylic acids is 4. The largest absolute Gasteiger partial charge is 0.462 e. The number of esters is 3. The van der Waals surface area contributed by atoms with Gasteiger partial charge in [-0.15, -0.1) is 11.3 Å². The summed E-state index contributed by atoms with van der Waals surface area (Å²) < 4.78 is 15.0. The van der Waals surface area contributed by atoms with E-state index in [1.165, 1.54) is 0 Å². The molecular weight excluding hydrogens is 398 g/mol. The average molecular weight is 423 g/mol. The van der Waals surface area contributed by atoms with Crippen molar-refractivity contribution in [3.05, 3.63) is 28.2 Å². The number of rotatable bonds is 9. The highest BCUT2D eigenvalue weighted by Gasteiger charge is 2.27. The second kappa shape index (κ2) is 10.8. The molecule has 0 bridgehead atoms. The number of hydrogen-bond donors (Lipinski definition) is 1. The maximum atomic E-state index is 12.3. The van der Waals surface area contributed by atoms with E-state index in [1.54, 1.807) is 20.8 Å². The minimum Gasteiger partial charge on any atom is -0.462 e. The van der Waals surface area contributed by atoms with Crippen molar-refractivity contribution in [1.29, 1.82) is 0 Å². The van der Waals surface area contributed by atoms with Crippen molar-refractivity contribution in [2.24, 2.45) is 5.92 Å². The number of hydrogen-bond acceptors (Lipinski definition) is 8. The van der Waals surface area contributed by atoms with E-state index in [0.29, 0.717) is 5.56 Å². The van der Waals surface area contributed by atoms with Crippen molar-refractivity contribution < 1.29 is 33.4 Å². The molecule has 0 radical (unpaired) electrons. The van der Waals surface area contributed by atoms with Gasteiger partial charge in [-0.05, 0) is 45.1 Å². The fourth-order valence-corrected chi connectivity index (χ4v) is 3.99. The fourth-order valence-electron chi connectivity index (χ4n) is 2.89. The number of carbonyl (C=O) groups is 4. The molecule has 0 aliphatic heterocycles. The Bertz CT molecular complexity index is 812. The Morgan fingerprint density at radius 1 is 1.10 bits per heavy atom. The summed E-state index contributed by atoms with van der Waals surface area (Å²) in [5.74, 6) is -2.17. The first-order chi connectivity index (χ1) is 13.9. The van der Waals surface area contributed by atoms with E-state index in [4.69, 9.17) is 14.2 Å². The first-order valence-electron chi connectivity index (χ1n) is 9.47. The van der Waals surface area contributed by atoms with Crippen LogP contribution in [0.2, 0.25) is 0 Å². The van der Waals surface area contributed by atoms with Crippen LogP contribution in [0.25, 0.3) is 0 Å². The molecule has 8 nitrogen and oxygen atoms in total. The molecule has 1 aromatic heterocycles. The van der Waals surface area contributed by atoms with Crippen molar-refractivity contribution in [3.8, 4) is 0 Å². The highest BCUT2D eigenvalue weighted by Crippen LogP contribution is 2.34. The molecule has 0 fully saturated rings. The van der Waals surface area contributed by atoms with Crippen molar-refractivity contribution in [3.63, 3.8) is 0 Å². The molecule has 0 aromatic carbocycles. The van der Waals surface area contributed by atoms with Crippen LogP contribution in [0.15, 0.2) is 12.2 Å². The van der Waals surface area contributed by atoms with Gasteiger partial charge < -0.3 is 19.5 Å². The van der Waals surface area contributed by atoms with E-state index >= 15 is 0 Å². The van der Waals surface area contributed by atoms with Crippen LogP contribution in [0, 0.1) is 12.8 Å². The summed E-state index contributed by atoms with van der Waals surface area (Å²) in [7, 11) is 0. The Balaban J connectivity index is 2.06. The third kappa shape index (κ3) is 6.15. The van der Waals surface area contributed by atoms with Crippen molar-refractivity contribution in [2.75, 3.05) is 25.1 Å². The predicted molar refractivity (Wildman–Crippen MR) is 107 cm³/mol. The summed E-state index contributed by atoms with van der Waals surface area (Å²) in [4.78, 5) is 48.7. The van der Waals surface area contributed by atoms with Crippen LogP contribution < -0.4 is 5.32 Å². The van der Waals surface area contributed by atoms with Crippen LogP contribution >= 0.6 is 11.3 Å². The van der Waals surface area contributed by atoms with E-state index in [-0.39, 0.29) is 41.0 Å². The lowest BCUT2D eigenvalue weighted by Gasteiger charge is -2.09. The smallest absolute Gasteiger partial charge is 0.348 e. The van der Waals surface area contributed by atoms with Crippen LogP contribution in [-0.2, 0) is 23.8 Å². The number of thiophene rings is 1. The van der Waals surface area contributed by atoms with Gasteiger partial charge in [0.15, 0.2) is 6.61 Å².